The molecule has 34 valence electrons. The van der Waals surface area contributed by atoms with E-state index in [0.717, 1.165) is 6.40 Å². The van der Waals surface area contributed by atoms with E-state index in [1.807, 2.05) is 0 Å². The molecule has 5 heteroatoms. The second kappa shape index (κ2) is 1.36. The Morgan fingerprint density at radius 3 is 3.00 bits per heavy atom. The van der Waals surface area contributed by atoms with Crippen LogP contribution in [-0.4, -0.2) is 10.6 Å². The van der Waals surface area contributed by atoms with Gasteiger partial charge in [-0.25, -0.2) is 4.21 Å². The monoisotopic (exact) mass is 106 g/mol. The number of hydrogen-bond donors (Lipinski definition) is 1. The molecule has 1 atom stereocenters. The highest BCUT2D eigenvalue weighted by Gasteiger charge is 1.97. The summed E-state index contributed by atoms with van der Waals surface area (Å²) in [4.78, 5) is 6.28. The Labute approximate surface area is 36.9 Å². The number of nitrogens with one attached hydrogen (secondary N) is 1. The van der Waals surface area contributed by atoms with Crippen LogP contribution in [0.5, 0.6) is 0 Å². The van der Waals surface area contributed by atoms with E-state index in [1.54, 1.807) is 0 Å². The van der Waals surface area contributed by atoms with E-state index < -0.39 is 11.2 Å². The topological polar surface area (TPSA) is 50.7 Å². The van der Waals surface area contributed by atoms with Gasteiger partial charge in [-0.15, -0.1) is 4.40 Å². The lowest BCUT2D eigenvalue weighted by molar-refractivity contribution is 0.290. The quantitative estimate of drug-likeness (QED) is 0.436. The average molecular weight is 106 g/mol. The Balaban J connectivity index is 2.59. The highest BCUT2D eigenvalue weighted by Crippen LogP contribution is 1.81. The van der Waals surface area contributed by atoms with E-state index in [4.69, 9.17) is 0 Å². The normalized spacial score (nSPS) is 30.3. The van der Waals surface area contributed by atoms with Gasteiger partial charge in [0.2, 0.25) is 6.40 Å². The summed E-state index contributed by atoms with van der Waals surface area (Å²) < 4.78 is 13.2. The highest BCUT2D eigenvalue weighted by atomic mass is 32.2. The van der Waals surface area contributed by atoms with Crippen LogP contribution in [0, 0.1) is 0 Å². The van der Waals surface area contributed by atoms with Crippen LogP contribution in [0.15, 0.2) is 4.40 Å². The lowest BCUT2D eigenvalue weighted by Gasteiger charge is -1.79. The summed E-state index contributed by atoms with van der Waals surface area (Å²) in [6.45, 7) is 0. The predicted molar refractivity (Wildman–Crippen MR) is 20.9 cm³/mol. The van der Waals surface area contributed by atoms with Crippen molar-refractivity contribution in [3.8, 4) is 0 Å². The fourth-order valence-electron chi connectivity index (χ4n) is 0.145. The van der Waals surface area contributed by atoms with Crippen molar-refractivity contribution in [1.82, 2.24) is 4.89 Å². The molecule has 0 spiro atoms. The minimum Gasteiger partial charge on any atom is -0.381 e. The van der Waals surface area contributed by atoms with Crippen LogP contribution in [0.3, 0.4) is 0 Å². The van der Waals surface area contributed by atoms with Crippen molar-refractivity contribution in [2.24, 2.45) is 4.40 Å². The maximum absolute atomic E-state index is 9.92. The van der Waals surface area contributed by atoms with Gasteiger partial charge in [0.1, 0.15) is 0 Å². The van der Waals surface area contributed by atoms with Crippen molar-refractivity contribution in [3.63, 3.8) is 0 Å². The van der Waals surface area contributed by atoms with Gasteiger partial charge >= 0.3 is 0 Å². The third kappa shape index (κ3) is 0.550. The van der Waals surface area contributed by atoms with E-state index in [0.29, 0.717) is 0 Å². The lowest BCUT2D eigenvalue weighted by atomic mass is 11.6. The Morgan fingerprint density at radius 1 is 2.00 bits per heavy atom. The molecule has 1 aliphatic rings. The van der Waals surface area contributed by atoms with Crippen LogP contribution in [0.4, 0.5) is 0 Å². The second-order valence-electron chi connectivity index (χ2n) is 0.661. The van der Waals surface area contributed by atoms with Crippen molar-refractivity contribution < 1.29 is 9.05 Å². The van der Waals surface area contributed by atoms with Crippen molar-refractivity contribution in [3.05, 3.63) is 0 Å². The largest absolute Gasteiger partial charge is 0.381 e. The average Bonchev–Trinajstić information content (AvgIpc) is 1.86. The summed E-state index contributed by atoms with van der Waals surface area (Å²) in [7, 11) is 0. The molecule has 4 nitrogen and oxygen atoms in total. The molecule has 0 saturated heterocycles. The fraction of sp³-hybridized carbons (Fsp3) is 0. The van der Waals surface area contributed by atoms with Gasteiger partial charge in [-0.3, -0.25) is 0 Å². The van der Waals surface area contributed by atoms with Crippen molar-refractivity contribution >= 4 is 17.6 Å². The maximum Gasteiger partial charge on any atom is 0.253 e. The summed E-state index contributed by atoms with van der Waals surface area (Å²) in [5.41, 5.74) is 0. The molecule has 0 fully saturated rings. The molecule has 1 unspecified atom stereocenters. The molecule has 0 aliphatic carbocycles. The zero-order chi connectivity index (χ0) is 4.41. The molecule has 0 aromatic heterocycles. The standard InChI is InChI=1S/CH2N2O2S/c4-6-2-1-5-3-6/h1,3H. The molecule has 1 heterocycles. The van der Waals surface area contributed by atoms with Crippen LogP contribution in [0.2, 0.25) is 0 Å². The van der Waals surface area contributed by atoms with Crippen LogP contribution in [0.25, 0.3) is 0 Å². The first-order chi connectivity index (χ1) is 2.89. The second-order valence-corrected chi connectivity index (χ2v) is 1.54. The highest BCUT2D eigenvalue weighted by molar-refractivity contribution is 7.81. The number of rotatable bonds is 0. The molecule has 1 N–H and O–H groups in total. The van der Waals surface area contributed by atoms with E-state index in [2.05, 4.69) is 14.1 Å². The van der Waals surface area contributed by atoms with Gasteiger partial charge in [-0.05, 0) is 4.89 Å². The van der Waals surface area contributed by atoms with Gasteiger partial charge in [0.15, 0.2) is 0 Å². The third-order valence-corrected chi connectivity index (χ3v) is 0.827. The molecule has 1 aliphatic heterocycles. The van der Waals surface area contributed by atoms with E-state index >= 15 is 0 Å². The molecule has 0 radical (unpaired) electrons. The van der Waals surface area contributed by atoms with Gasteiger partial charge in [0.25, 0.3) is 11.2 Å². The molecule has 0 aromatic rings. The lowest BCUT2D eigenvalue weighted by Crippen LogP contribution is -2.05. The summed E-state index contributed by atoms with van der Waals surface area (Å²) in [5, 5.41) is 0. The van der Waals surface area contributed by atoms with Gasteiger partial charge in [-0.1, -0.05) is 0 Å². The summed E-state index contributed by atoms with van der Waals surface area (Å²) in [6.07, 6.45) is 1.09. The van der Waals surface area contributed by atoms with E-state index in [9.17, 15) is 4.21 Å². The minimum absolute atomic E-state index is 1.09. The Morgan fingerprint density at radius 2 is 2.83 bits per heavy atom. The Hall–Kier alpha value is -0.420. The maximum atomic E-state index is 9.92. The Bertz CT molecular complexity index is 99.7. The van der Waals surface area contributed by atoms with Crippen LogP contribution in [0.1, 0.15) is 0 Å². The first-order valence-electron chi connectivity index (χ1n) is 1.25. The SMILES string of the molecule is O=S1N=CON1. The first-order valence-corrected chi connectivity index (χ1v) is 2.36. The molecule has 0 saturated carbocycles. The van der Waals surface area contributed by atoms with Crippen molar-refractivity contribution in [1.29, 1.82) is 0 Å². The summed E-state index contributed by atoms with van der Waals surface area (Å²) in [6, 6.07) is 0. The predicted octanol–water partition coefficient (Wildman–Crippen LogP) is -0.872. The fourth-order valence-corrected chi connectivity index (χ4v) is 0.434. The molecule has 0 bridgehead atoms. The smallest absolute Gasteiger partial charge is 0.253 e. The number of hydrogen-bond acceptors (Lipinski definition) is 2. The van der Waals surface area contributed by atoms with Gasteiger partial charge in [0.05, 0.1) is 0 Å². The molecule has 1 rings (SSSR count). The molecule has 0 amide bonds. The van der Waals surface area contributed by atoms with Gasteiger partial charge < -0.3 is 4.84 Å². The van der Waals surface area contributed by atoms with Gasteiger partial charge in [0, 0.05) is 0 Å². The molecular formula is CH2N2O2S. The van der Waals surface area contributed by atoms with Crippen molar-refractivity contribution in [2.45, 2.75) is 0 Å². The molecule has 0 aromatic carbocycles. The number of nitrogens with zero attached hydrogens (tertiary/aromatic N) is 1. The summed E-state index contributed by atoms with van der Waals surface area (Å²) in [5.74, 6) is 0. The van der Waals surface area contributed by atoms with Crippen LogP contribution in [-0.2, 0) is 16.0 Å². The van der Waals surface area contributed by atoms with Gasteiger partial charge in [-0.2, -0.15) is 0 Å². The molecular weight excluding hydrogens is 104 g/mol. The van der Waals surface area contributed by atoms with Crippen LogP contribution < -0.4 is 4.89 Å². The third-order valence-electron chi connectivity index (χ3n) is 0.311. The zero-order valence-electron chi connectivity index (χ0n) is 2.75. The Kier molecular flexibility index (Phi) is 0.849. The minimum atomic E-state index is -1.33. The van der Waals surface area contributed by atoms with E-state index in [-0.39, 0.29) is 0 Å². The summed E-state index contributed by atoms with van der Waals surface area (Å²) >= 11 is -1.33. The van der Waals surface area contributed by atoms with E-state index in [1.165, 1.54) is 0 Å². The van der Waals surface area contributed by atoms with Crippen LogP contribution >= 0.6 is 0 Å². The first kappa shape index (κ1) is 3.76. The molecule has 6 heavy (non-hydrogen) atoms. The van der Waals surface area contributed by atoms with Crippen molar-refractivity contribution in [2.75, 3.05) is 0 Å². The zero-order valence-corrected chi connectivity index (χ0v) is 3.57.